The highest BCUT2D eigenvalue weighted by atomic mass is 16.1. The molecule has 1 N–H and O–H groups in total. The third-order valence-electron chi connectivity index (χ3n) is 2.27. The van der Waals surface area contributed by atoms with Crippen LogP contribution in [0.2, 0.25) is 0 Å². The zero-order valence-corrected chi connectivity index (χ0v) is 8.53. The first-order valence-electron chi connectivity index (χ1n) is 4.95. The molecule has 15 heavy (non-hydrogen) atoms. The summed E-state index contributed by atoms with van der Waals surface area (Å²) < 4.78 is 0. The van der Waals surface area contributed by atoms with Gasteiger partial charge in [0.1, 0.15) is 0 Å². The fraction of sp³-hybridized carbons (Fsp3) is 0.167. The van der Waals surface area contributed by atoms with E-state index in [1.165, 1.54) is 6.20 Å². The normalized spacial score (nSPS) is 10.2. The van der Waals surface area contributed by atoms with Gasteiger partial charge in [-0.3, -0.25) is 4.79 Å². The Morgan fingerprint density at radius 3 is 2.67 bits per heavy atom. The average molecular weight is 200 g/mol. The average Bonchev–Trinajstić information content (AvgIpc) is 2.30. The van der Waals surface area contributed by atoms with Gasteiger partial charge in [-0.05, 0) is 6.42 Å². The number of H-pyrrole nitrogens is 1. The molecule has 0 aliphatic rings. The Morgan fingerprint density at radius 1 is 1.27 bits per heavy atom. The monoisotopic (exact) mass is 200 g/mol. The maximum absolute atomic E-state index is 11.1. The predicted molar refractivity (Wildman–Crippen MR) is 59.7 cm³/mol. The first-order chi connectivity index (χ1) is 7.31. The van der Waals surface area contributed by atoms with Crippen LogP contribution in [0.5, 0.6) is 0 Å². The minimum absolute atomic E-state index is 0.147. The molecule has 0 atom stereocenters. The molecule has 2 aromatic rings. The lowest BCUT2D eigenvalue weighted by Crippen LogP contribution is -2.10. The number of nitrogens with one attached hydrogen (secondary N) is 1. The van der Waals surface area contributed by atoms with E-state index in [1.807, 2.05) is 37.3 Å². The van der Waals surface area contributed by atoms with Crippen LogP contribution in [0.15, 0.2) is 41.3 Å². The molecule has 0 saturated carbocycles. The van der Waals surface area contributed by atoms with E-state index in [0.29, 0.717) is 0 Å². The smallest absolute Gasteiger partial charge is 0.266 e. The molecule has 0 aliphatic heterocycles. The molecule has 3 heteroatoms. The largest absolute Gasteiger partial charge is 0.323 e. The van der Waals surface area contributed by atoms with Gasteiger partial charge >= 0.3 is 0 Å². The van der Waals surface area contributed by atoms with Crippen LogP contribution in [0.4, 0.5) is 0 Å². The fourth-order valence-electron chi connectivity index (χ4n) is 1.54. The SMILES string of the molecule is CCc1[nH]c(=O)cnc1-c1ccccc1. The standard InChI is InChI=1S/C12H12N2O/c1-2-10-12(13-8-11(15)14-10)9-6-4-3-5-7-9/h3-8H,2H2,1H3,(H,14,15). The molecular formula is C12H12N2O. The summed E-state index contributed by atoms with van der Waals surface area (Å²) >= 11 is 0. The topological polar surface area (TPSA) is 45.8 Å². The van der Waals surface area contributed by atoms with Crippen LogP contribution in [0.25, 0.3) is 11.3 Å². The van der Waals surface area contributed by atoms with Gasteiger partial charge < -0.3 is 4.98 Å². The number of benzene rings is 1. The molecule has 1 aromatic carbocycles. The van der Waals surface area contributed by atoms with Crippen LogP contribution < -0.4 is 5.56 Å². The van der Waals surface area contributed by atoms with Crippen molar-refractivity contribution >= 4 is 0 Å². The number of rotatable bonds is 2. The van der Waals surface area contributed by atoms with Crippen molar-refractivity contribution in [1.29, 1.82) is 0 Å². The minimum atomic E-state index is -0.147. The quantitative estimate of drug-likeness (QED) is 0.805. The number of nitrogens with zero attached hydrogens (tertiary/aromatic N) is 1. The van der Waals surface area contributed by atoms with Crippen LogP contribution in [-0.4, -0.2) is 9.97 Å². The Kier molecular flexibility index (Phi) is 2.63. The highest BCUT2D eigenvalue weighted by Crippen LogP contribution is 2.18. The van der Waals surface area contributed by atoms with Crippen molar-refractivity contribution in [1.82, 2.24) is 9.97 Å². The van der Waals surface area contributed by atoms with Crippen molar-refractivity contribution in [2.75, 3.05) is 0 Å². The molecule has 0 radical (unpaired) electrons. The lowest BCUT2D eigenvalue weighted by Gasteiger charge is -2.05. The molecule has 3 nitrogen and oxygen atoms in total. The molecule has 1 heterocycles. The first kappa shape index (κ1) is 9.65. The third kappa shape index (κ3) is 1.96. The summed E-state index contributed by atoms with van der Waals surface area (Å²) in [6.07, 6.45) is 2.09. The van der Waals surface area contributed by atoms with Crippen LogP contribution in [0.3, 0.4) is 0 Å². The second kappa shape index (κ2) is 4.09. The van der Waals surface area contributed by atoms with Gasteiger partial charge in [0.25, 0.3) is 5.56 Å². The number of aromatic amines is 1. The first-order valence-corrected chi connectivity index (χ1v) is 4.95. The highest BCUT2D eigenvalue weighted by Gasteiger charge is 2.04. The van der Waals surface area contributed by atoms with Crippen molar-refractivity contribution in [3.05, 3.63) is 52.6 Å². The van der Waals surface area contributed by atoms with Gasteiger partial charge in [-0.15, -0.1) is 0 Å². The van der Waals surface area contributed by atoms with E-state index in [9.17, 15) is 4.79 Å². The third-order valence-corrected chi connectivity index (χ3v) is 2.27. The van der Waals surface area contributed by atoms with Gasteiger partial charge in [-0.25, -0.2) is 4.98 Å². The second-order valence-corrected chi connectivity index (χ2v) is 3.29. The van der Waals surface area contributed by atoms with E-state index < -0.39 is 0 Å². The van der Waals surface area contributed by atoms with E-state index in [1.54, 1.807) is 0 Å². The maximum Gasteiger partial charge on any atom is 0.266 e. The van der Waals surface area contributed by atoms with E-state index in [4.69, 9.17) is 0 Å². The Labute approximate surface area is 87.8 Å². The van der Waals surface area contributed by atoms with Crippen LogP contribution in [0.1, 0.15) is 12.6 Å². The number of aromatic nitrogens is 2. The Morgan fingerprint density at radius 2 is 2.00 bits per heavy atom. The van der Waals surface area contributed by atoms with Gasteiger partial charge in [-0.2, -0.15) is 0 Å². The summed E-state index contributed by atoms with van der Waals surface area (Å²) in [4.78, 5) is 18.1. The van der Waals surface area contributed by atoms with Crippen molar-refractivity contribution in [3.8, 4) is 11.3 Å². The molecule has 0 amide bonds. The number of hydrogen-bond acceptors (Lipinski definition) is 2. The van der Waals surface area contributed by atoms with Gasteiger partial charge in [0.05, 0.1) is 11.9 Å². The summed E-state index contributed by atoms with van der Waals surface area (Å²) in [5.41, 5.74) is 2.63. The summed E-state index contributed by atoms with van der Waals surface area (Å²) in [6.45, 7) is 2.00. The van der Waals surface area contributed by atoms with Gasteiger partial charge in [0.2, 0.25) is 0 Å². The Bertz CT molecular complexity index is 503. The zero-order valence-electron chi connectivity index (χ0n) is 8.53. The van der Waals surface area contributed by atoms with E-state index in [2.05, 4.69) is 9.97 Å². The molecule has 0 unspecified atom stereocenters. The van der Waals surface area contributed by atoms with Crippen molar-refractivity contribution < 1.29 is 0 Å². The minimum Gasteiger partial charge on any atom is -0.323 e. The number of hydrogen-bond donors (Lipinski definition) is 1. The van der Waals surface area contributed by atoms with E-state index in [0.717, 1.165) is 23.4 Å². The van der Waals surface area contributed by atoms with Crippen molar-refractivity contribution in [2.45, 2.75) is 13.3 Å². The molecule has 0 aliphatic carbocycles. The molecule has 2 rings (SSSR count). The molecule has 0 saturated heterocycles. The van der Waals surface area contributed by atoms with Crippen LogP contribution in [0, 0.1) is 0 Å². The highest BCUT2D eigenvalue weighted by molar-refractivity contribution is 5.60. The van der Waals surface area contributed by atoms with Crippen LogP contribution in [-0.2, 0) is 6.42 Å². The summed E-state index contributed by atoms with van der Waals surface area (Å²) in [5, 5.41) is 0. The molecule has 0 bridgehead atoms. The van der Waals surface area contributed by atoms with E-state index in [-0.39, 0.29) is 5.56 Å². The Balaban J connectivity index is 2.58. The second-order valence-electron chi connectivity index (χ2n) is 3.29. The lowest BCUT2D eigenvalue weighted by atomic mass is 10.1. The summed E-state index contributed by atoms with van der Waals surface area (Å²) in [6, 6.07) is 9.85. The molecule has 0 spiro atoms. The number of aryl methyl sites for hydroxylation is 1. The summed E-state index contributed by atoms with van der Waals surface area (Å²) in [5.74, 6) is 0. The summed E-state index contributed by atoms with van der Waals surface area (Å²) in [7, 11) is 0. The predicted octanol–water partition coefficient (Wildman–Crippen LogP) is 2.00. The van der Waals surface area contributed by atoms with Crippen LogP contribution >= 0.6 is 0 Å². The van der Waals surface area contributed by atoms with Crippen molar-refractivity contribution in [3.63, 3.8) is 0 Å². The van der Waals surface area contributed by atoms with Gasteiger partial charge in [0, 0.05) is 11.3 Å². The van der Waals surface area contributed by atoms with Crippen molar-refractivity contribution in [2.24, 2.45) is 0 Å². The zero-order chi connectivity index (χ0) is 10.7. The molecule has 76 valence electrons. The molecule has 0 fully saturated rings. The lowest BCUT2D eigenvalue weighted by molar-refractivity contribution is 0.979. The van der Waals surface area contributed by atoms with E-state index >= 15 is 0 Å². The Hall–Kier alpha value is -1.90. The molecule has 1 aromatic heterocycles. The fourth-order valence-corrected chi connectivity index (χ4v) is 1.54. The maximum atomic E-state index is 11.1. The molecular weight excluding hydrogens is 188 g/mol. The van der Waals surface area contributed by atoms with Gasteiger partial charge in [0.15, 0.2) is 0 Å². The van der Waals surface area contributed by atoms with Gasteiger partial charge in [-0.1, -0.05) is 37.3 Å².